The quantitative estimate of drug-likeness (QED) is 0.809. The van der Waals surface area contributed by atoms with Gasteiger partial charge in [0.05, 0.1) is 0 Å². The van der Waals surface area contributed by atoms with Gasteiger partial charge < -0.3 is 10.5 Å². The molecule has 1 aromatic carbocycles. The molecule has 0 radical (unpaired) electrons. The first-order chi connectivity index (χ1) is 8.79. The first kappa shape index (κ1) is 13.3. The summed E-state index contributed by atoms with van der Waals surface area (Å²) in [5, 5.41) is 0. The Morgan fingerprint density at radius 1 is 1.28 bits per heavy atom. The monoisotopic (exact) mass is 245 g/mol. The van der Waals surface area contributed by atoms with Crippen LogP contribution in [-0.4, -0.2) is 19.3 Å². The standard InChI is InChI=1S/C16H23NO/c1-2-3-9-15(17)16(10-12-18-13-11-16)14-7-5-4-6-8-14/h2,4-8,15H,1,3,9-13,17H2. The Morgan fingerprint density at radius 2 is 1.94 bits per heavy atom. The molecule has 2 nitrogen and oxygen atoms in total. The molecule has 0 aliphatic carbocycles. The van der Waals surface area contributed by atoms with E-state index in [-0.39, 0.29) is 11.5 Å². The molecule has 2 rings (SSSR count). The molecule has 0 bridgehead atoms. The number of rotatable bonds is 5. The highest BCUT2D eigenvalue weighted by atomic mass is 16.5. The molecule has 98 valence electrons. The maximum absolute atomic E-state index is 6.50. The summed E-state index contributed by atoms with van der Waals surface area (Å²) in [5.74, 6) is 0. The van der Waals surface area contributed by atoms with E-state index in [4.69, 9.17) is 10.5 Å². The van der Waals surface area contributed by atoms with Gasteiger partial charge in [-0.05, 0) is 31.2 Å². The van der Waals surface area contributed by atoms with Gasteiger partial charge in [-0.25, -0.2) is 0 Å². The third-order valence-electron chi connectivity index (χ3n) is 4.13. The van der Waals surface area contributed by atoms with E-state index >= 15 is 0 Å². The Balaban J connectivity index is 2.25. The Kier molecular flexibility index (Phi) is 4.56. The summed E-state index contributed by atoms with van der Waals surface area (Å²) < 4.78 is 5.53. The fourth-order valence-corrected chi connectivity index (χ4v) is 2.95. The molecule has 0 saturated carbocycles. The Labute approximate surface area is 110 Å². The largest absolute Gasteiger partial charge is 0.381 e. The minimum Gasteiger partial charge on any atom is -0.381 e. The van der Waals surface area contributed by atoms with Crippen LogP contribution >= 0.6 is 0 Å². The summed E-state index contributed by atoms with van der Waals surface area (Å²) in [4.78, 5) is 0. The number of ether oxygens (including phenoxy) is 1. The van der Waals surface area contributed by atoms with Gasteiger partial charge in [0, 0.05) is 24.7 Å². The van der Waals surface area contributed by atoms with Crippen LogP contribution in [0.1, 0.15) is 31.2 Å². The van der Waals surface area contributed by atoms with Gasteiger partial charge in [-0.15, -0.1) is 6.58 Å². The smallest absolute Gasteiger partial charge is 0.0475 e. The first-order valence-corrected chi connectivity index (χ1v) is 6.79. The van der Waals surface area contributed by atoms with Crippen molar-refractivity contribution in [1.29, 1.82) is 0 Å². The SMILES string of the molecule is C=CCCC(N)C1(c2ccccc2)CCOCC1. The van der Waals surface area contributed by atoms with Crippen molar-refractivity contribution in [3.05, 3.63) is 48.6 Å². The highest BCUT2D eigenvalue weighted by Gasteiger charge is 2.39. The lowest BCUT2D eigenvalue weighted by atomic mass is 9.68. The van der Waals surface area contributed by atoms with Crippen LogP contribution in [0.5, 0.6) is 0 Å². The van der Waals surface area contributed by atoms with E-state index in [9.17, 15) is 0 Å². The molecule has 1 fully saturated rings. The van der Waals surface area contributed by atoms with Crippen molar-refractivity contribution in [3.63, 3.8) is 0 Å². The van der Waals surface area contributed by atoms with Gasteiger partial charge in [0.1, 0.15) is 0 Å². The predicted octanol–water partition coefficient (Wildman–Crippen LogP) is 3.03. The highest BCUT2D eigenvalue weighted by molar-refractivity contribution is 5.28. The van der Waals surface area contributed by atoms with E-state index in [1.807, 2.05) is 6.08 Å². The molecular formula is C16H23NO. The highest BCUT2D eigenvalue weighted by Crippen LogP contribution is 2.38. The molecule has 1 aliphatic rings. The normalized spacial score (nSPS) is 20.3. The molecule has 1 heterocycles. The van der Waals surface area contributed by atoms with Crippen molar-refractivity contribution in [3.8, 4) is 0 Å². The maximum atomic E-state index is 6.50. The molecule has 2 N–H and O–H groups in total. The van der Waals surface area contributed by atoms with Gasteiger partial charge in [-0.1, -0.05) is 36.4 Å². The van der Waals surface area contributed by atoms with Crippen molar-refractivity contribution >= 4 is 0 Å². The molecule has 1 atom stereocenters. The molecule has 18 heavy (non-hydrogen) atoms. The number of benzene rings is 1. The number of nitrogens with two attached hydrogens (primary N) is 1. The minimum absolute atomic E-state index is 0.0858. The average molecular weight is 245 g/mol. The lowest BCUT2D eigenvalue weighted by molar-refractivity contribution is 0.0390. The van der Waals surface area contributed by atoms with Crippen molar-refractivity contribution < 1.29 is 4.74 Å². The van der Waals surface area contributed by atoms with E-state index < -0.39 is 0 Å². The van der Waals surface area contributed by atoms with E-state index in [1.54, 1.807) is 0 Å². The van der Waals surface area contributed by atoms with Crippen LogP contribution in [0.3, 0.4) is 0 Å². The molecule has 0 aromatic heterocycles. The van der Waals surface area contributed by atoms with E-state index in [1.165, 1.54) is 5.56 Å². The van der Waals surface area contributed by atoms with Crippen molar-refractivity contribution in [2.45, 2.75) is 37.1 Å². The van der Waals surface area contributed by atoms with Gasteiger partial charge in [0.15, 0.2) is 0 Å². The fourth-order valence-electron chi connectivity index (χ4n) is 2.95. The molecule has 2 heteroatoms. The van der Waals surface area contributed by atoms with Crippen LogP contribution in [0.2, 0.25) is 0 Å². The van der Waals surface area contributed by atoms with Crippen molar-refractivity contribution in [2.24, 2.45) is 5.73 Å². The Hall–Kier alpha value is -1.12. The Morgan fingerprint density at radius 3 is 2.56 bits per heavy atom. The van der Waals surface area contributed by atoms with E-state index in [0.717, 1.165) is 38.9 Å². The number of hydrogen-bond acceptors (Lipinski definition) is 2. The van der Waals surface area contributed by atoms with E-state index in [0.29, 0.717) is 0 Å². The van der Waals surface area contributed by atoms with Crippen LogP contribution in [0, 0.1) is 0 Å². The number of allylic oxidation sites excluding steroid dienone is 1. The molecule has 1 saturated heterocycles. The maximum Gasteiger partial charge on any atom is 0.0475 e. The minimum atomic E-state index is 0.0858. The molecule has 1 aliphatic heterocycles. The second-order valence-corrected chi connectivity index (χ2v) is 5.11. The van der Waals surface area contributed by atoms with Crippen molar-refractivity contribution in [2.75, 3.05) is 13.2 Å². The summed E-state index contributed by atoms with van der Waals surface area (Å²) in [6, 6.07) is 10.9. The van der Waals surface area contributed by atoms with Crippen LogP contribution in [0.4, 0.5) is 0 Å². The second kappa shape index (κ2) is 6.17. The molecular weight excluding hydrogens is 222 g/mol. The van der Waals surface area contributed by atoms with Gasteiger partial charge in [0.25, 0.3) is 0 Å². The van der Waals surface area contributed by atoms with Gasteiger partial charge in [-0.3, -0.25) is 0 Å². The molecule has 0 amide bonds. The van der Waals surface area contributed by atoms with Crippen LogP contribution < -0.4 is 5.73 Å². The van der Waals surface area contributed by atoms with Gasteiger partial charge in [-0.2, -0.15) is 0 Å². The molecule has 1 unspecified atom stereocenters. The first-order valence-electron chi connectivity index (χ1n) is 6.79. The summed E-state index contributed by atoms with van der Waals surface area (Å²) >= 11 is 0. The second-order valence-electron chi connectivity index (χ2n) is 5.11. The summed E-state index contributed by atoms with van der Waals surface area (Å²) in [6.45, 7) is 5.43. The van der Waals surface area contributed by atoms with E-state index in [2.05, 4.69) is 36.9 Å². The predicted molar refractivity (Wildman–Crippen MR) is 75.6 cm³/mol. The van der Waals surface area contributed by atoms with Crippen LogP contribution in [0.25, 0.3) is 0 Å². The van der Waals surface area contributed by atoms with Gasteiger partial charge >= 0.3 is 0 Å². The van der Waals surface area contributed by atoms with Crippen LogP contribution in [-0.2, 0) is 10.2 Å². The van der Waals surface area contributed by atoms with Gasteiger partial charge in [0.2, 0.25) is 0 Å². The summed E-state index contributed by atoms with van der Waals surface area (Å²) in [7, 11) is 0. The Bertz CT molecular complexity index is 368. The zero-order chi connectivity index (χ0) is 12.8. The fraction of sp³-hybridized carbons (Fsp3) is 0.500. The molecule has 0 spiro atoms. The summed E-state index contributed by atoms with van der Waals surface area (Å²) in [6.07, 6.45) is 5.98. The average Bonchev–Trinajstić information content (AvgIpc) is 2.46. The van der Waals surface area contributed by atoms with Crippen molar-refractivity contribution in [1.82, 2.24) is 0 Å². The lowest BCUT2D eigenvalue weighted by Gasteiger charge is -2.42. The topological polar surface area (TPSA) is 35.2 Å². The molecule has 1 aromatic rings. The third kappa shape index (κ3) is 2.65. The third-order valence-corrected chi connectivity index (χ3v) is 4.13. The zero-order valence-corrected chi connectivity index (χ0v) is 11.0. The number of hydrogen-bond donors (Lipinski definition) is 1. The van der Waals surface area contributed by atoms with Crippen LogP contribution in [0.15, 0.2) is 43.0 Å². The summed E-state index contributed by atoms with van der Waals surface area (Å²) in [5.41, 5.74) is 7.95. The lowest BCUT2D eigenvalue weighted by Crippen LogP contribution is -2.49. The zero-order valence-electron chi connectivity index (χ0n) is 11.0.